The highest BCUT2D eigenvalue weighted by Crippen LogP contribution is 2.24. The van der Waals surface area contributed by atoms with Gasteiger partial charge >= 0.3 is 0 Å². The summed E-state index contributed by atoms with van der Waals surface area (Å²) in [7, 11) is -3.78. The highest BCUT2D eigenvalue weighted by molar-refractivity contribution is 7.89. The quantitative estimate of drug-likeness (QED) is 0.700. The number of anilines is 1. The summed E-state index contributed by atoms with van der Waals surface area (Å²) in [6.07, 6.45) is 1.27. The number of hydrogen-bond donors (Lipinski definition) is 2. The molecule has 0 aromatic heterocycles. The molecule has 160 valence electrons. The molecule has 2 aromatic rings. The summed E-state index contributed by atoms with van der Waals surface area (Å²) >= 11 is 12.0. The van der Waals surface area contributed by atoms with Crippen LogP contribution in [0, 0.1) is 5.92 Å². The fourth-order valence-electron chi connectivity index (χ4n) is 3.30. The number of nitrogens with zero attached hydrogens (tertiary/aromatic N) is 1. The Bertz CT molecular complexity index is 1050. The van der Waals surface area contributed by atoms with Gasteiger partial charge in [-0.05, 0) is 54.8 Å². The monoisotopic (exact) mass is 469 g/mol. The summed E-state index contributed by atoms with van der Waals surface area (Å²) in [5.74, 6) is -0.436. The predicted molar refractivity (Wildman–Crippen MR) is 116 cm³/mol. The lowest BCUT2D eigenvalue weighted by Crippen LogP contribution is -2.42. The predicted octanol–water partition coefficient (Wildman–Crippen LogP) is 3.06. The molecule has 1 saturated heterocycles. The van der Waals surface area contributed by atoms with E-state index in [1.165, 1.54) is 24.3 Å². The molecule has 30 heavy (non-hydrogen) atoms. The third-order valence-electron chi connectivity index (χ3n) is 5.03. The molecule has 1 aliphatic heterocycles. The first-order valence-electron chi connectivity index (χ1n) is 9.29. The zero-order valence-electron chi connectivity index (χ0n) is 16.0. The van der Waals surface area contributed by atoms with Gasteiger partial charge in [0.2, 0.25) is 21.8 Å². The molecule has 3 rings (SSSR count). The molecule has 0 bridgehead atoms. The molecule has 7 nitrogen and oxygen atoms in total. The Labute approximate surface area is 185 Å². The van der Waals surface area contributed by atoms with E-state index < -0.39 is 10.0 Å². The maximum absolute atomic E-state index is 12.6. The van der Waals surface area contributed by atoms with E-state index in [2.05, 4.69) is 5.32 Å². The molecule has 10 heteroatoms. The number of likely N-dealkylation sites (tertiary alicyclic amines) is 1. The Kier molecular flexibility index (Phi) is 7.02. The van der Waals surface area contributed by atoms with E-state index in [-0.39, 0.29) is 29.0 Å². The average Bonchev–Trinajstić information content (AvgIpc) is 2.70. The van der Waals surface area contributed by atoms with Gasteiger partial charge in [0.15, 0.2) is 0 Å². The van der Waals surface area contributed by atoms with Crippen LogP contribution in [0.3, 0.4) is 0 Å². The Hall–Kier alpha value is -2.13. The number of hydrogen-bond acceptors (Lipinski definition) is 4. The average molecular weight is 470 g/mol. The lowest BCUT2D eigenvalue weighted by Gasteiger charge is -2.31. The van der Waals surface area contributed by atoms with Crippen LogP contribution in [0.25, 0.3) is 0 Å². The van der Waals surface area contributed by atoms with Crippen LogP contribution in [0.4, 0.5) is 5.69 Å². The van der Waals surface area contributed by atoms with E-state index in [0.717, 1.165) is 0 Å². The maximum Gasteiger partial charge on any atom is 0.238 e. The fraction of sp³-hybridized carbons (Fsp3) is 0.300. The third-order valence-corrected chi connectivity index (χ3v) is 6.54. The van der Waals surface area contributed by atoms with Gasteiger partial charge in [0, 0.05) is 34.7 Å². The lowest BCUT2D eigenvalue weighted by atomic mass is 9.95. The van der Waals surface area contributed by atoms with Crippen molar-refractivity contribution >= 4 is 50.7 Å². The van der Waals surface area contributed by atoms with Gasteiger partial charge in [0.1, 0.15) is 0 Å². The fourth-order valence-corrected chi connectivity index (χ4v) is 4.29. The minimum Gasteiger partial charge on any atom is -0.342 e. The van der Waals surface area contributed by atoms with Crippen LogP contribution in [-0.2, 0) is 26.0 Å². The SMILES string of the molecule is NS(=O)(=O)c1ccc(NC(=O)C2CCN(C(=O)Cc3ccc(Cl)cc3Cl)CC2)cc1. The maximum atomic E-state index is 12.6. The molecule has 1 aliphatic rings. The highest BCUT2D eigenvalue weighted by Gasteiger charge is 2.27. The summed E-state index contributed by atoms with van der Waals surface area (Å²) in [4.78, 5) is 26.8. The van der Waals surface area contributed by atoms with Crippen molar-refractivity contribution in [3.8, 4) is 0 Å². The molecular weight excluding hydrogens is 449 g/mol. The van der Waals surface area contributed by atoms with Crippen molar-refractivity contribution < 1.29 is 18.0 Å². The van der Waals surface area contributed by atoms with Gasteiger partial charge in [0.05, 0.1) is 11.3 Å². The first-order chi connectivity index (χ1) is 14.1. The minimum absolute atomic E-state index is 0.0203. The molecule has 2 aromatic carbocycles. The lowest BCUT2D eigenvalue weighted by molar-refractivity contribution is -0.133. The summed E-state index contributed by atoms with van der Waals surface area (Å²) in [5, 5.41) is 8.82. The number of nitrogens with one attached hydrogen (secondary N) is 1. The standard InChI is InChI=1S/C20H21Cl2N3O4S/c21-15-2-1-14(18(22)12-15)11-19(26)25-9-7-13(8-10-25)20(27)24-16-3-5-17(6-4-16)30(23,28)29/h1-6,12-13H,7-11H2,(H,24,27)(H2,23,28,29). The number of carbonyl (C=O) groups is 2. The molecule has 1 heterocycles. The molecule has 3 N–H and O–H groups in total. The van der Waals surface area contributed by atoms with Gasteiger partial charge in [-0.2, -0.15) is 0 Å². The Morgan fingerprint density at radius 2 is 1.70 bits per heavy atom. The second-order valence-electron chi connectivity index (χ2n) is 7.13. The number of primary sulfonamides is 1. The highest BCUT2D eigenvalue weighted by atomic mass is 35.5. The summed E-state index contributed by atoms with van der Waals surface area (Å²) < 4.78 is 22.6. The summed E-state index contributed by atoms with van der Waals surface area (Å²) in [6.45, 7) is 0.957. The summed E-state index contributed by atoms with van der Waals surface area (Å²) in [5.41, 5.74) is 1.21. The number of amides is 2. The van der Waals surface area contributed by atoms with E-state index in [1.54, 1.807) is 23.1 Å². The Morgan fingerprint density at radius 3 is 2.27 bits per heavy atom. The van der Waals surface area contributed by atoms with Crippen LogP contribution in [0.1, 0.15) is 18.4 Å². The zero-order valence-corrected chi connectivity index (χ0v) is 18.3. The number of carbonyl (C=O) groups excluding carboxylic acids is 2. The van der Waals surface area contributed by atoms with Crippen LogP contribution in [0.2, 0.25) is 10.0 Å². The van der Waals surface area contributed by atoms with Crippen LogP contribution in [0.5, 0.6) is 0 Å². The van der Waals surface area contributed by atoms with Crippen molar-refractivity contribution in [1.29, 1.82) is 0 Å². The molecule has 0 spiro atoms. The molecule has 0 saturated carbocycles. The van der Waals surface area contributed by atoms with Crippen molar-refractivity contribution in [3.05, 3.63) is 58.1 Å². The first-order valence-corrected chi connectivity index (χ1v) is 11.6. The number of nitrogens with two attached hydrogens (primary N) is 1. The van der Waals surface area contributed by atoms with Gasteiger partial charge in [-0.25, -0.2) is 13.6 Å². The van der Waals surface area contributed by atoms with Crippen molar-refractivity contribution in [2.24, 2.45) is 11.1 Å². The van der Waals surface area contributed by atoms with Gasteiger partial charge in [0.25, 0.3) is 0 Å². The second kappa shape index (κ2) is 9.34. The van der Waals surface area contributed by atoms with E-state index in [1.807, 2.05) is 0 Å². The molecular formula is C20H21Cl2N3O4S. The van der Waals surface area contributed by atoms with Crippen molar-refractivity contribution in [2.45, 2.75) is 24.2 Å². The topological polar surface area (TPSA) is 110 Å². The van der Waals surface area contributed by atoms with Gasteiger partial charge < -0.3 is 10.2 Å². The van der Waals surface area contributed by atoms with Crippen molar-refractivity contribution in [3.63, 3.8) is 0 Å². The molecule has 2 amide bonds. The minimum atomic E-state index is -3.78. The largest absolute Gasteiger partial charge is 0.342 e. The van der Waals surface area contributed by atoms with E-state index >= 15 is 0 Å². The van der Waals surface area contributed by atoms with E-state index in [4.69, 9.17) is 28.3 Å². The Morgan fingerprint density at radius 1 is 1.07 bits per heavy atom. The summed E-state index contributed by atoms with van der Waals surface area (Å²) in [6, 6.07) is 10.7. The molecule has 0 atom stereocenters. The van der Waals surface area contributed by atoms with Gasteiger partial charge in [-0.3, -0.25) is 9.59 Å². The molecule has 1 fully saturated rings. The van der Waals surface area contributed by atoms with E-state index in [0.29, 0.717) is 47.2 Å². The molecule has 0 aliphatic carbocycles. The van der Waals surface area contributed by atoms with Crippen molar-refractivity contribution in [1.82, 2.24) is 4.90 Å². The Balaban J connectivity index is 1.52. The zero-order chi connectivity index (χ0) is 21.9. The number of benzene rings is 2. The van der Waals surface area contributed by atoms with Crippen LogP contribution in [-0.4, -0.2) is 38.2 Å². The number of sulfonamides is 1. The van der Waals surface area contributed by atoms with Crippen LogP contribution < -0.4 is 10.5 Å². The van der Waals surface area contributed by atoms with Gasteiger partial charge in [-0.1, -0.05) is 29.3 Å². The third kappa shape index (κ3) is 5.72. The second-order valence-corrected chi connectivity index (χ2v) is 9.53. The first kappa shape index (κ1) is 22.6. The van der Waals surface area contributed by atoms with Gasteiger partial charge in [-0.15, -0.1) is 0 Å². The number of piperidine rings is 1. The van der Waals surface area contributed by atoms with Crippen LogP contribution in [0.15, 0.2) is 47.4 Å². The van der Waals surface area contributed by atoms with Crippen molar-refractivity contribution in [2.75, 3.05) is 18.4 Å². The molecule has 0 radical (unpaired) electrons. The normalized spacial score (nSPS) is 15.1. The smallest absolute Gasteiger partial charge is 0.238 e. The number of halogens is 2. The van der Waals surface area contributed by atoms with Crippen LogP contribution >= 0.6 is 23.2 Å². The molecule has 0 unspecified atom stereocenters. The van der Waals surface area contributed by atoms with E-state index in [9.17, 15) is 18.0 Å². The number of rotatable bonds is 5.